The van der Waals surface area contributed by atoms with Crippen LogP contribution >= 0.6 is 0 Å². The number of aliphatic imine (C=N–C) groups is 2. The summed E-state index contributed by atoms with van der Waals surface area (Å²) in [6.07, 6.45) is 20.6. The number of fused-ring (bicyclic) bond motifs is 4. The first-order valence-corrected chi connectivity index (χ1v) is 7.67. The van der Waals surface area contributed by atoms with Crippen molar-refractivity contribution in [3.63, 3.8) is 0 Å². The third-order valence-corrected chi connectivity index (χ3v) is 3.34. The second-order valence-corrected chi connectivity index (χ2v) is 5.02. The molecule has 4 nitrogen and oxygen atoms in total. The molecule has 0 aliphatic carbocycles. The number of benzene rings is 1. The van der Waals surface area contributed by atoms with E-state index >= 15 is 0 Å². The molecule has 4 heteroatoms. The van der Waals surface area contributed by atoms with Crippen molar-refractivity contribution >= 4 is 24.7 Å². The van der Waals surface area contributed by atoms with E-state index in [9.17, 15) is 0 Å². The Kier molecular flexibility index (Phi) is 5.35. The van der Waals surface area contributed by atoms with Crippen LogP contribution in [0, 0.1) is 0 Å². The lowest BCUT2D eigenvalue weighted by Gasteiger charge is -2.10. The lowest BCUT2D eigenvalue weighted by Crippen LogP contribution is -1.97. The fraction of sp³-hybridized carbons (Fsp3) is 0. The highest BCUT2D eigenvalue weighted by Gasteiger charge is 1.99. The van der Waals surface area contributed by atoms with Crippen molar-refractivity contribution in [1.82, 2.24) is 9.55 Å². The number of para-hydroxylation sites is 1. The highest BCUT2D eigenvalue weighted by molar-refractivity contribution is 5.85. The van der Waals surface area contributed by atoms with Crippen molar-refractivity contribution in [2.24, 2.45) is 9.98 Å². The number of hydrogen-bond acceptors (Lipinski definition) is 2. The fourth-order valence-corrected chi connectivity index (χ4v) is 2.25. The van der Waals surface area contributed by atoms with Gasteiger partial charge in [-0.2, -0.15) is 0 Å². The number of rotatable bonds is 0. The first kappa shape index (κ1) is 15.5. The lowest BCUT2D eigenvalue weighted by atomic mass is 10.1. The zero-order chi connectivity index (χ0) is 16.5. The van der Waals surface area contributed by atoms with Crippen LogP contribution in [0.1, 0.15) is 11.3 Å². The van der Waals surface area contributed by atoms with Crippen molar-refractivity contribution in [2.45, 2.75) is 0 Å². The Balaban J connectivity index is 2.19. The van der Waals surface area contributed by atoms with Crippen molar-refractivity contribution in [3.05, 3.63) is 90.7 Å². The van der Waals surface area contributed by atoms with Crippen LogP contribution in [0.25, 0.3) is 17.8 Å². The van der Waals surface area contributed by atoms with Crippen molar-refractivity contribution in [2.75, 3.05) is 0 Å². The van der Waals surface area contributed by atoms with Gasteiger partial charge in [-0.05, 0) is 42.0 Å². The molecule has 0 radical (unpaired) electrons. The molecular weight excluding hydrogens is 296 g/mol. The Labute approximate surface area is 141 Å². The normalized spacial score (nSPS) is 14.3. The van der Waals surface area contributed by atoms with Crippen LogP contribution in [-0.2, 0) is 0 Å². The van der Waals surface area contributed by atoms with Crippen LogP contribution in [0.2, 0.25) is 0 Å². The zero-order valence-corrected chi connectivity index (χ0v) is 13.2. The number of H-pyrrole nitrogens is 1. The first-order valence-electron chi connectivity index (χ1n) is 7.67. The highest BCUT2D eigenvalue weighted by atomic mass is 14.9. The lowest BCUT2D eigenvalue weighted by molar-refractivity contribution is 1.03. The number of nitrogens with one attached hydrogen (secondary N) is 1. The van der Waals surface area contributed by atoms with Crippen LogP contribution in [0.3, 0.4) is 0 Å². The minimum atomic E-state index is 0.967. The molecular formula is C20H18N4. The number of aromatic nitrogens is 2. The first-order chi connectivity index (χ1) is 11.9. The predicted octanol–water partition coefficient (Wildman–Crippen LogP) is 4.58. The minimum absolute atomic E-state index is 0.967. The van der Waals surface area contributed by atoms with Gasteiger partial charge in [0.25, 0.3) is 0 Å². The van der Waals surface area contributed by atoms with Crippen molar-refractivity contribution in [3.8, 4) is 5.69 Å². The van der Waals surface area contributed by atoms with Gasteiger partial charge in [-0.15, -0.1) is 0 Å². The molecule has 24 heavy (non-hydrogen) atoms. The molecule has 0 spiro atoms. The van der Waals surface area contributed by atoms with E-state index in [0.29, 0.717) is 0 Å². The summed E-state index contributed by atoms with van der Waals surface area (Å²) in [5.74, 6) is 0. The maximum Gasteiger partial charge on any atom is 0.115 e. The van der Waals surface area contributed by atoms with Gasteiger partial charge in [0.05, 0.1) is 11.4 Å². The van der Waals surface area contributed by atoms with Crippen LogP contribution in [0.5, 0.6) is 0 Å². The van der Waals surface area contributed by atoms with Crippen LogP contribution < -0.4 is 0 Å². The summed E-state index contributed by atoms with van der Waals surface area (Å²) >= 11 is 0. The zero-order valence-electron chi connectivity index (χ0n) is 13.2. The average Bonchev–Trinajstić information content (AvgIpc) is 2.58. The molecule has 118 valence electrons. The van der Waals surface area contributed by atoms with Crippen LogP contribution in [-0.4, -0.2) is 22.1 Å². The second kappa shape index (κ2) is 8.29. The predicted molar refractivity (Wildman–Crippen MR) is 102 cm³/mol. The molecule has 1 aromatic heterocycles. The average molecular weight is 314 g/mol. The molecule has 0 saturated heterocycles. The molecule has 0 fully saturated rings. The SMILES string of the molecule is C1=CN=CN=C/C=C\c2ccccc2-n2cccc[nH]c(c2)C=C1. The molecule has 0 amide bonds. The Morgan fingerprint density at radius 3 is 2.83 bits per heavy atom. The van der Waals surface area contributed by atoms with E-state index in [2.05, 4.69) is 31.7 Å². The van der Waals surface area contributed by atoms with Gasteiger partial charge >= 0.3 is 0 Å². The second-order valence-electron chi connectivity index (χ2n) is 5.02. The summed E-state index contributed by atoms with van der Waals surface area (Å²) in [4.78, 5) is 11.4. The van der Waals surface area contributed by atoms with Crippen molar-refractivity contribution < 1.29 is 0 Å². The van der Waals surface area contributed by atoms with Gasteiger partial charge in [-0.1, -0.05) is 30.4 Å². The summed E-state index contributed by atoms with van der Waals surface area (Å²) in [7, 11) is 0. The number of nitrogens with zero attached hydrogens (tertiary/aromatic N) is 3. The summed E-state index contributed by atoms with van der Waals surface area (Å²) in [5, 5.41) is 0. The maximum absolute atomic E-state index is 4.11. The summed E-state index contributed by atoms with van der Waals surface area (Å²) < 4.78 is 2.09. The molecule has 2 heterocycles. The van der Waals surface area contributed by atoms with E-state index in [1.54, 1.807) is 12.4 Å². The monoisotopic (exact) mass is 314 g/mol. The minimum Gasteiger partial charge on any atom is -0.360 e. The number of hydrogen-bond donors (Lipinski definition) is 1. The van der Waals surface area contributed by atoms with Crippen molar-refractivity contribution in [1.29, 1.82) is 0 Å². The number of allylic oxidation sites excluding steroid dienone is 3. The Bertz CT molecular complexity index is 874. The molecule has 1 N–H and O–H groups in total. The van der Waals surface area contributed by atoms with E-state index in [-0.39, 0.29) is 0 Å². The van der Waals surface area contributed by atoms with Gasteiger partial charge in [0.15, 0.2) is 0 Å². The smallest absolute Gasteiger partial charge is 0.115 e. The summed E-state index contributed by atoms with van der Waals surface area (Å²) in [6, 6.07) is 12.2. The third kappa shape index (κ3) is 4.30. The Morgan fingerprint density at radius 2 is 1.83 bits per heavy atom. The molecule has 1 aromatic carbocycles. The van der Waals surface area contributed by atoms with E-state index in [1.807, 2.05) is 73.2 Å². The molecule has 2 aromatic rings. The van der Waals surface area contributed by atoms with E-state index in [1.165, 1.54) is 6.34 Å². The molecule has 3 rings (SSSR count). The van der Waals surface area contributed by atoms with Gasteiger partial charge in [0.2, 0.25) is 0 Å². The van der Waals surface area contributed by atoms with Gasteiger partial charge in [-0.3, -0.25) is 0 Å². The van der Waals surface area contributed by atoms with E-state index in [4.69, 9.17) is 0 Å². The quantitative estimate of drug-likeness (QED) is 0.740. The van der Waals surface area contributed by atoms with Crippen LogP contribution in [0.4, 0.5) is 0 Å². The van der Waals surface area contributed by atoms with E-state index in [0.717, 1.165) is 16.9 Å². The summed E-state index contributed by atoms with van der Waals surface area (Å²) in [6.45, 7) is 0. The molecule has 1 aliphatic rings. The van der Waals surface area contributed by atoms with Gasteiger partial charge in [-0.25, -0.2) is 9.98 Å². The number of aromatic amines is 1. The molecule has 0 saturated carbocycles. The largest absolute Gasteiger partial charge is 0.360 e. The van der Waals surface area contributed by atoms with Gasteiger partial charge in [0.1, 0.15) is 6.34 Å². The van der Waals surface area contributed by atoms with Gasteiger partial charge < -0.3 is 9.55 Å². The standard InChI is InChI=1S/C20H18N4/c1-2-11-20-18(8-1)9-7-13-22-17-21-12-4-3-10-19-16-24(20)15-6-5-14-23-19/h1-17,23H/b9-7-,10-3?,12-4?,14-5?,15-6?,19-16?,21-17?,22-13?. The molecule has 1 aliphatic heterocycles. The Morgan fingerprint density at radius 1 is 0.875 bits per heavy atom. The van der Waals surface area contributed by atoms with Gasteiger partial charge in [0, 0.05) is 31.0 Å². The molecule has 2 bridgehead atoms. The Hall–Kier alpha value is -3.40. The topological polar surface area (TPSA) is 45.4 Å². The molecule has 0 atom stereocenters. The third-order valence-electron chi connectivity index (χ3n) is 3.34. The molecule has 0 unspecified atom stereocenters. The maximum atomic E-state index is 4.11. The summed E-state index contributed by atoms with van der Waals surface area (Å²) in [5.41, 5.74) is 3.15. The van der Waals surface area contributed by atoms with Crippen LogP contribution in [0.15, 0.2) is 89.4 Å². The highest BCUT2D eigenvalue weighted by Crippen LogP contribution is 2.16. The fourth-order valence-electron chi connectivity index (χ4n) is 2.25. The van der Waals surface area contributed by atoms with E-state index < -0.39 is 0 Å².